The van der Waals surface area contributed by atoms with Crippen LogP contribution in [0.4, 0.5) is 0 Å². The van der Waals surface area contributed by atoms with Crippen molar-refractivity contribution in [1.29, 1.82) is 0 Å². The van der Waals surface area contributed by atoms with Gasteiger partial charge in [0.15, 0.2) is 5.54 Å². The van der Waals surface area contributed by atoms with Crippen LogP contribution in [0.2, 0.25) is 0 Å². The summed E-state index contributed by atoms with van der Waals surface area (Å²) in [6, 6.07) is 12.6. The number of ether oxygens (including phenoxy) is 3. The van der Waals surface area contributed by atoms with E-state index in [4.69, 9.17) is 24.9 Å². The molecule has 2 aromatic carbocycles. The molecule has 162 valence electrons. The van der Waals surface area contributed by atoms with Crippen LogP contribution in [0.1, 0.15) is 63.1 Å². The van der Waals surface area contributed by atoms with Crippen molar-refractivity contribution in [3.8, 4) is 17.2 Å². The Kier molecular flexibility index (Phi) is 4.72. The molecule has 1 aliphatic carbocycles. The van der Waals surface area contributed by atoms with Crippen LogP contribution < -0.4 is 15.2 Å². The lowest BCUT2D eigenvalue weighted by molar-refractivity contribution is 0.197. The first-order valence-corrected chi connectivity index (χ1v) is 11.1. The number of benzene rings is 2. The Balaban J connectivity index is 1.60. The second-order valence-corrected chi connectivity index (χ2v) is 9.89. The summed E-state index contributed by atoms with van der Waals surface area (Å²) < 4.78 is 18.1. The predicted molar refractivity (Wildman–Crippen MR) is 123 cm³/mol. The van der Waals surface area contributed by atoms with Gasteiger partial charge in [0.1, 0.15) is 23.9 Å². The van der Waals surface area contributed by atoms with Crippen LogP contribution in [-0.2, 0) is 10.3 Å². The Bertz CT molecular complexity index is 1080. The van der Waals surface area contributed by atoms with Gasteiger partial charge in [0.05, 0.1) is 6.61 Å². The molecule has 3 aliphatic rings. The fourth-order valence-corrected chi connectivity index (χ4v) is 4.52. The fourth-order valence-electron chi connectivity index (χ4n) is 4.52. The molecule has 1 spiro atoms. The zero-order valence-electron chi connectivity index (χ0n) is 18.5. The highest BCUT2D eigenvalue weighted by atomic mass is 16.5. The van der Waals surface area contributed by atoms with Crippen molar-refractivity contribution in [3.63, 3.8) is 0 Å². The van der Waals surface area contributed by atoms with Crippen LogP contribution in [0.5, 0.6) is 17.2 Å². The first-order chi connectivity index (χ1) is 14.8. The van der Waals surface area contributed by atoms with E-state index in [1.54, 1.807) is 0 Å². The summed E-state index contributed by atoms with van der Waals surface area (Å²) in [5.74, 6) is 2.37. The Morgan fingerprint density at radius 1 is 1.06 bits per heavy atom. The number of hydrogen-bond donors (Lipinski definition) is 1. The highest BCUT2D eigenvalue weighted by Gasteiger charge is 2.47. The topological polar surface area (TPSA) is 66.1 Å². The lowest BCUT2D eigenvalue weighted by atomic mass is 9.79. The summed E-state index contributed by atoms with van der Waals surface area (Å²) in [5.41, 5.74) is 9.93. The van der Waals surface area contributed by atoms with Gasteiger partial charge in [-0.15, -0.1) is 0 Å². The Labute approximate surface area is 183 Å². The number of nitrogens with zero attached hydrogens (tertiary/aromatic N) is 1. The molecule has 5 rings (SSSR count). The first kappa shape index (κ1) is 20.0. The summed E-state index contributed by atoms with van der Waals surface area (Å²) in [6.07, 6.45) is 7.10. The first-order valence-electron chi connectivity index (χ1n) is 11.1. The number of amidine groups is 1. The maximum atomic E-state index is 6.30. The van der Waals surface area contributed by atoms with Gasteiger partial charge in [-0.05, 0) is 72.6 Å². The van der Waals surface area contributed by atoms with Crippen molar-refractivity contribution in [2.75, 3.05) is 13.2 Å². The largest absolute Gasteiger partial charge is 0.493 e. The molecule has 2 aliphatic heterocycles. The lowest BCUT2D eigenvalue weighted by Gasteiger charge is -2.34. The molecule has 0 radical (unpaired) electrons. The third-order valence-electron chi connectivity index (χ3n) is 6.11. The molecular formula is C26H30N2O3. The van der Waals surface area contributed by atoms with Gasteiger partial charge < -0.3 is 19.9 Å². The predicted octanol–water partition coefficient (Wildman–Crippen LogP) is 5.76. The van der Waals surface area contributed by atoms with E-state index in [9.17, 15) is 0 Å². The average molecular weight is 419 g/mol. The third kappa shape index (κ3) is 3.67. The van der Waals surface area contributed by atoms with E-state index in [1.165, 1.54) is 24.0 Å². The summed E-state index contributed by atoms with van der Waals surface area (Å²) in [4.78, 5) is 4.82. The van der Waals surface area contributed by atoms with Gasteiger partial charge in [-0.3, -0.25) is 0 Å². The number of rotatable bonds is 3. The van der Waals surface area contributed by atoms with E-state index >= 15 is 0 Å². The SMILES string of the molecule is CC(C)(C)COc1ccc2c(c1)[C@]1(COC(N)=N1)c1cc(C3=CCCCC3)ccc1O2. The van der Waals surface area contributed by atoms with Crippen LogP contribution in [0.25, 0.3) is 5.57 Å². The molecule has 5 heteroatoms. The highest BCUT2D eigenvalue weighted by molar-refractivity contribution is 5.78. The maximum absolute atomic E-state index is 6.30. The molecule has 2 heterocycles. The van der Waals surface area contributed by atoms with Crippen LogP contribution >= 0.6 is 0 Å². The number of hydrogen-bond acceptors (Lipinski definition) is 5. The Morgan fingerprint density at radius 2 is 1.84 bits per heavy atom. The fraction of sp³-hybridized carbons (Fsp3) is 0.423. The molecule has 0 aromatic heterocycles. The van der Waals surface area contributed by atoms with Crippen molar-refractivity contribution in [2.45, 2.75) is 52.0 Å². The maximum Gasteiger partial charge on any atom is 0.283 e. The van der Waals surface area contributed by atoms with E-state index in [0.717, 1.165) is 41.2 Å². The van der Waals surface area contributed by atoms with Crippen LogP contribution in [-0.4, -0.2) is 19.2 Å². The van der Waals surface area contributed by atoms with E-state index in [-0.39, 0.29) is 11.4 Å². The van der Waals surface area contributed by atoms with Crippen LogP contribution in [0.3, 0.4) is 0 Å². The summed E-state index contributed by atoms with van der Waals surface area (Å²) >= 11 is 0. The Hall–Kier alpha value is -2.95. The second kappa shape index (κ2) is 7.33. The quantitative estimate of drug-likeness (QED) is 0.688. The number of fused-ring (bicyclic) bond motifs is 4. The molecule has 5 nitrogen and oxygen atoms in total. The number of nitrogens with two attached hydrogens (primary N) is 1. The van der Waals surface area contributed by atoms with Gasteiger partial charge >= 0.3 is 0 Å². The average Bonchev–Trinajstić information content (AvgIpc) is 3.15. The molecule has 1 atom stereocenters. The molecule has 0 bridgehead atoms. The van der Waals surface area contributed by atoms with E-state index in [0.29, 0.717) is 13.2 Å². The smallest absolute Gasteiger partial charge is 0.283 e. The van der Waals surface area contributed by atoms with Crippen LogP contribution in [0, 0.1) is 5.41 Å². The summed E-state index contributed by atoms with van der Waals surface area (Å²) in [6.45, 7) is 7.44. The molecule has 0 saturated heterocycles. The summed E-state index contributed by atoms with van der Waals surface area (Å²) in [7, 11) is 0. The minimum atomic E-state index is -0.723. The molecule has 0 unspecified atom stereocenters. The normalized spacial score (nSPS) is 22.0. The monoisotopic (exact) mass is 418 g/mol. The van der Waals surface area contributed by atoms with Gasteiger partial charge in [-0.1, -0.05) is 32.9 Å². The second-order valence-electron chi connectivity index (χ2n) is 9.89. The summed E-state index contributed by atoms with van der Waals surface area (Å²) in [5, 5.41) is 0. The van der Waals surface area contributed by atoms with Gasteiger partial charge in [-0.25, -0.2) is 4.99 Å². The van der Waals surface area contributed by atoms with Crippen molar-refractivity contribution in [3.05, 3.63) is 59.2 Å². The molecule has 31 heavy (non-hydrogen) atoms. The van der Waals surface area contributed by atoms with Gasteiger partial charge in [0, 0.05) is 11.1 Å². The highest BCUT2D eigenvalue weighted by Crippen LogP contribution is 2.52. The van der Waals surface area contributed by atoms with Gasteiger partial charge in [-0.2, -0.15) is 0 Å². The lowest BCUT2D eigenvalue weighted by Crippen LogP contribution is -2.31. The Morgan fingerprint density at radius 3 is 2.52 bits per heavy atom. The molecule has 0 amide bonds. The van der Waals surface area contributed by atoms with E-state index in [2.05, 4.69) is 45.0 Å². The minimum absolute atomic E-state index is 0.0678. The molecule has 0 saturated carbocycles. The van der Waals surface area contributed by atoms with Crippen LogP contribution in [0.15, 0.2) is 47.5 Å². The van der Waals surface area contributed by atoms with E-state index in [1.807, 2.05) is 18.2 Å². The van der Waals surface area contributed by atoms with Crippen molar-refractivity contribution < 1.29 is 14.2 Å². The third-order valence-corrected chi connectivity index (χ3v) is 6.11. The zero-order chi connectivity index (χ0) is 21.6. The van der Waals surface area contributed by atoms with Crippen molar-refractivity contribution >= 4 is 11.6 Å². The molecule has 2 aromatic rings. The van der Waals surface area contributed by atoms with E-state index < -0.39 is 5.54 Å². The van der Waals surface area contributed by atoms with Gasteiger partial charge in [0.25, 0.3) is 6.02 Å². The molecule has 0 fully saturated rings. The molecular weight excluding hydrogens is 388 g/mol. The van der Waals surface area contributed by atoms with Crippen molar-refractivity contribution in [2.24, 2.45) is 16.1 Å². The number of aliphatic imine (C=N–C) groups is 1. The standard InChI is InChI=1S/C26H30N2O3/c1-25(2,3)15-29-19-10-12-23-21(14-19)26(16-30-24(27)28-26)20-13-18(9-11-22(20)31-23)17-7-5-4-6-8-17/h7,9-14H,4-6,8,15-16H2,1-3H3,(H2,27,28)/t26-/m0/s1. The molecule has 2 N–H and O–H groups in total. The van der Waals surface area contributed by atoms with Crippen molar-refractivity contribution in [1.82, 2.24) is 0 Å². The number of allylic oxidation sites excluding steroid dienone is 2. The van der Waals surface area contributed by atoms with Gasteiger partial charge in [0.2, 0.25) is 0 Å². The minimum Gasteiger partial charge on any atom is -0.493 e. The zero-order valence-corrected chi connectivity index (χ0v) is 18.5.